The highest BCUT2D eigenvalue weighted by atomic mass is 19.4. The molecule has 0 radical (unpaired) electrons. The van der Waals surface area contributed by atoms with Gasteiger partial charge in [0, 0.05) is 24.3 Å². The summed E-state index contributed by atoms with van der Waals surface area (Å²) in [7, 11) is 0. The van der Waals surface area contributed by atoms with Crippen molar-refractivity contribution in [1.82, 2.24) is 15.1 Å². The van der Waals surface area contributed by atoms with E-state index < -0.39 is 11.7 Å². The molecule has 0 aliphatic carbocycles. The van der Waals surface area contributed by atoms with Gasteiger partial charge in [-0.25, -0.2) is 0 Å². The molecule has 3 rings (SSSR count). The summed E-state index contributed by atoms with van der Waals surface area (Å²) in [5, 5.41) is 7.72. The molecule has 0 unspecified atom stereocenters. The fourth-order valence-corrected chi connectivity index (χ4v) is 3.17. The zero-order chi connectivity index (χ0) is 19.4. The second-order valence-corrected chi connectivity index (χ2v) is 6.55. The van der Waals surface area contributed by atoms with Crippen LogP contribution in [0.25, 0.3) is 0 Å². The Morgan fingerprint density at radius 1 is 0.926 bits per heavy atom. The van der Waals surface area contributed by atoms with E-state index in [-0.39, 0.29) is 12.1 Å². The SMILES string of the molecule is Cc1nn(Cc2ccccc2)c(C)c1CNCc1ccccc1C(F)(F)F. The van der Waals surface area contributed by atoms with Crippen molar-refractivity contribution in [2.75, 3.05) is 0 Å². The summed E-state index contributed by atoms with van der Waals surface area (Å²) in [4.78, 5) is 0. The number of hydrogen-bond acceptors (Lipinski definition) is 2. The molecule has 0 fully saturated rings. The van der Waals surface area contributed by atoms with Crippen molar-refractivity contribution in [3.8, 4) is 0 Å². The number of nitrogens with one attached hydrogen (secondary N) is 1. The fraction of sp³-hybridized carbons (Fsp3) is 0.286. The number of alkyl halides is 3. The predicted molar refractivity (Wildman–Crippen MR) is 99.2 cm³/mol. The molecule has 6 heteroatoms. The molecule has 0 spiro atoms. The van der Waals surface area contributed by atoms with E-state index in [1.165, 1.54) is 12.1 Å². The third-order valence-electron chi connectivity index (χ3n) is 4.65. The lowest BCUT2D eigenvalue weighted by Gasteiger charge is -2.13. The number of rotatable bonds is 6. The first-order chi connectivity index (χ1) is 12.9. The van der Waals surface area contributed by atoms with Crippen molar-refractivity contribution in [2.45, 2.75) is 39.7 Å². The second-order valence-electron chi connectivity index (χ2n) is 6.55. The van der Waals surface area contributed by atoms with Gasteiger partial charge in [0.25, 0.3) is 0 Å². The van der Waals surface area contributed by atoms with Crippen LogP contribution in [0.4, 0.5) is 13.2 Å². The first-order valence-electron chi connectivity index (χ1n) is 8.79. The van der Waals surface area contributed by atoms with Crippen molar-refractivity contribution in [3.05, 3.63) is 88.2 Å². The highest BCUT2D eigenvalue weighted by molar-refractivity contribution is 5.30. The van der Waals surface area contributed by atoms with Crippen molar-refractivity contribution in [2.24, 2.45) is 0 Å². The van der Waals surface area contributed by atoms with Gasteiger partial charge >= 0.3 is 6.18 Å². The topological polar surface area (TPSA) is 29.9 Å². The van der Waals surface area contributed by atoms with Gasteiger partial charge in [-0.15, -0.1) is 0 Å². The minimum atomic E-state index is -4.34. The van der Waals surface area contributed by atoms with Crippen LogP contribution < -0.4 is 5.32 Å². The Bertz CT molecular complexity index is 899. The van der Waals surface area contributed by atoms with Crippen LogP contribution in [-0.4, -0.2) is 9.78 Å². The van der Waals surface area contributed by atoms with E-state index in [4.69, 9.17) is 0 Å². The smallest absolute Gasteiger partial charge is 0.308 e. The highest BCUT2D eigenvalue weighted by Gasteiger charge is 2.32. The summed E-state index contributed by atoms with van der Waals surface area (Å²) in [6.45, 7) is 5.21. The molecule has 142 valence electrons. The molecule has 0 amide bonds. The molecule has 0 aliphatic heterocycles. The zero-order valence-corrected chi connectivity index (χ0v) is 15.3. The number of halogens is 3. The molecule has 2 aromatic carbocycles. The molecule has 0 bridgehead atoms. The fourth-order valence-electron chi connectivity index (χ4n) is 3.17. The third kappa shape index (κ3) is 4.57. The average molecular weight is 373 g/mol. The van der Waals surface area contributed by atoms with E-state index in [9.17, 15) is 13.2 Å². The quantitative estimate of drug-likeness (QED) is 0.669. The van der Waals surface area contributed by atoms with E-state index in [2.05, 4.69) is 10.4 Å². The summed E-state index contributed by atoms with van der Waals surface area (Å²) in [6, 6.07) is 15.7. The molecule has 0 saturated carbocycles. The third-order valence-corrected chi connectivity index (χ3v) is 4.65. The maximum atomic E-state index is 13.1. The Balaban J connectivity index is 1.69. The first-order valence-corrected chi connectivity index (χ1v) is 8.79. The molecule has 0 saturated heterocycles. The van der Waals surface area contributed by atoms with Crippen LogP contribution in [0.15, 0.2) is 54.6 Å². The van der Waals surface area contributed by atoms with Crippen LogP contribution >= 0.6 is 0 Å². The van der Waals surface area contributed by atoms with Gasteiger partial charge < -0.3 is 5.32 Å². The first kappa shape index (κ1) is 19.2. The number of aryl methyl sites for hydroxylation is 1. The number of benzene rings is 2. The molecular formula is C21H22F3N3. The molecule has 1 heterocycles. The Kier molecular flexibility index (Phi) is 5.65. The van der Waals surface area contributed by atoms with Gasteiger partial charge in [0.15, 0.2) is 0 Å². The summed E-state index contributed by atoms with van der Waals surface area (Å²) < 4.78 is 41.2. The Hall–Kier alpha value is -2.60. The van der Waals surface area contributed by atoms with E-state index >= 15 is 0 Å². The molecule has 3 nitrogen and oxygen atoms in total. The van der Waals surface area contributed by atoms with Crippen molar-refractivity contribution in [1.29, 1.82) is 0 Å². The lowest BCUT2D eigenvalue weighted by Crippen LogP contribution is -2.18. The van der Waals surface area contributed by atoms with Crippen LogP contribution in [-0.2, 0) is 25.8 Å². The Morgan fingerprint density at radius 2 is 1.59 bits per heavy atom. The Labute approximate surface area is 156 Å². The van der Waals surface area contributed by atoms with Crippen molar-refractivity contribution in [3.63, 3.8) is 0 Å². The van der Waals surface area contributed by atoms with Crippen molar-refractivity contribution < 1.29 is 13.2 Å². The standard InChI is InChI=1S/C21H22F3N3/c1-15-19(16(2)27(26-15)14-17-8-4-3-5-9-17)13-25-12-18-10-6-7-11-20(18)21(22,23)24/h3-11,25H,12-14H2,1-2H3. The summed E-state index contributed by atoms with van der Waals surface area (Å²) in [6.07, 6.45) is -4.34. The summed E-state index contributed by atoms with van der Waals surface area (Å²) in [5.41, 5.74) is 3.74. The monoisotopic (exact) mass is 373 g/mol. The summed E-state index contributed by atoms with van der Waals surface area (Å²) >= 11 is 0. The Morgan fingerprint density at radius 3 is 2.30 bits per heavy atom. The lowest BCUT2D eigenvalue weighted by molar-refractivity contribution is -0.138. The van der Waals surface area contributed by atoms with Gasteiger partial charge in [-0.2, -0.15) is 18.3 Å². The molecule has 1 aromatic heterocycles. The second kappa shape index (κ2) is 7.96. The lowest BCUT2D eigenvalue weighted by atomic mass is 10.1. The van der Waals surface area contributed by atoms with E-state index in [1.54, 1.807) is 6.07 Å². The van der Waals surface area contributed by atoms with Crippen LogP contribution in [0.3, 0.4) is 0 Å². The van der Waals surface area contributed by atoms with Gasteiger partial charge in [-0.1, -0.05) is 48.5 Å². The van der Waals surface area contributed by atoms with Gasteiger partial charge in [0.2, 0.25) is 0 Å². The molecule has 1 N–H and O–H groups in total. The highest BCUT2D eigenvalue weighted by Crippen LogP contribution is 2.31. The van der Waals surface area contributed by atoms with Crippen LogP contribution in [0.5, 0.6) is 0 Å². The van der Waals surface area contributed by atoms with Gasteiger partial charge in [-0.05, 0) is 31.0 Å². The largest absolute Gasteiger partial charge is 0.416 e. The zero-order valence-electron chi connectivity index (χ0n) is 15.3. The minimum absolute atomic E-state index is 0.151. The maximum Gasteiger partial charge on any atom is 0.416 e. The molecule has 0 aliphatic rings. The van der Waals surface area contributed by atoms with Crippen LogP contribution in [0.2, 0.25) is 0 Å². The van der Waals surface area contributed by atoms with E-state index in [1.807, 2.05) is 48.9 Å². The molecule has 3 aromatic rings. The normalized spacial score (nSPS) is 11.7. The number of nitrogens with zero attached hydrogens (tertiary/aromatic N) is 2. The van der Waals surface area contributed by atoms with E-state index in [0.29, 0.717) is 13.1 Å². The minimum Gasteiger partial charge on any atom is -0.308 e. The molecule has 27 heavy (non-hydrogen) atoms. The van der Waals surface area contributed by atoms with Crippen LogP contribution in [0, 0.1) is 13.8 Å². The van der Waals surface area contributed by atoms with Crippen LogP contribution in [0.1, 0.15) is 33.6 Å². The number of hydrogen-bond donors (Lipinski definition) is 1. The molecular weight excluding hydrogens is 351 g/mol. The summed E-state index contributed by atoms with van der Waals surface area (Å²) in [5.74, 6) is 0. The van der Waals surface area contributed by atoms with E-state index in [0.717, 1.165) is 28.6 Å². The van der Waals surface area contributed by atoms with Gasteiger partial charge in [0.1, 0.15) is 0 Å². The average Bonchev–Trinajstić information content (AvgIpc) is 2.89. The van der Waals surface area contributed by atoms with Gasteiger partial charge in [0.05, 0.1) is 17.8 Å². The van der Waals surface area contributed by atoms with Crippen molar-refractivity contribution >= 4 is 0 Å². The molecule has 0 atom stereocenters. The maximum absolute atomic E-state index is 13.1. The number of aromatic nitrogens is 2. The predicted octanol–water partition coefficient (Wildman–Crippen LogP) is 4.86. The van der Waals surface area contributed by atoms with Gasteiger partial charge in [-0.3, -0.25) is 4.68 Å².